The molecule has 0 unspecified atom stereocenters. The predicted octanol–water partition coefficient (Wildman–Crippen LogP) is 4.86. The van der Waals surface area contributed by atoms with Crippen LogP contribution >= 0.6 is 0 Å². The van der Waals surface area contributed by atoms with Crippen LogP contribution in [0.25, 0.3) is 16.5 Å². The monoisotopic (exact) mass is 478 g/mol. The molecule has 2 aromatic heterocycles. The van der Waals surface area contributed by atoms with Crippen molar-refractivity contribution in [3.8, 4) is 11.4 Å². The molecule has 0 aliphatic heterocycles. The largest absolute Gasteiger partial charge is 0.413 e. The van der Waals surface area contributed by atoms with Crippen LogP contribution < -0.4 is 15.6 Å². The van der Waals surface area contributed by atoms with Crippen molar-refractivity contribution < 1.29 is 18.3 Å². The number of fused-ring (bicyclic) bond motifs is 1. The molecule has 1 saturated carbocycles. The lowest BCUT2D eigenvalue weighted by Crippen LogP contribution is -2.33. The van der Waals surface area contributed by atoms with Gasteiger partial charge in [-0.3, -0.25) is 14.0 Å². The Balaban J connectivity index is 1.58. The van der Waals surface area contributed by atoms with Gasteiger partial charge in [-0.2, -0.15) is 5.10 Å². The fraction of sp³-hybridized carbons (Fsp3) is 0.269. The highest BCUT2D eigenvalue weighted by Gasteiger charge is 2.34. The van der Waals surface area contributed by atoms with Gasteiger partial charge in [-0.05, 0) is 56.4 Å². The van der Waals surface area contributed by atoms with Crippen LogP contribution in [0.4, 0.5) is 13.6 Å². The van der Waals surface area contributed by atoms with Gasteiger partial charge in [-0.1, -0.05) is 24.3 Å². The van der Waals surface area contributed by atoms with Crippen molar-refractivity contribution in [3.63, 3.8) is 0 Å². The van der Waals surface area contributed by atoms with Gasteiger partial charge in [-0.15, -0.1) is 0 Å². The first-order valence-electron chi connectivity index (χ1n) is 11.3. The van der Waals surface area contributed by atoms with Crippen molar-refractivity contribution >= 4 is 16.9 Å². The maximum absolute atomic E-state index is 14.9. The highest BCUT2D eigenvalue weighted by atomic mass is 19.1. The lowest BCUT2D eigenvalue weighted by Gasteiger charge is -2.21. The number of aryl methyl sites for hydroxylation is 2. The smallest absolute Gasteiger partial charge is 0.408 e. The second-order valence-electron chi connectivity index (χ2n) is 8.89. The summed E-state index contributed by atoms with van der Waals surface area (Å²) in [6.45, 7) is 3.37. The van der Waals surface area contributed by atoms with Gasteiger partial charge in [0.2, 0.25) is 0 Å². The summed E-state index contributed by atoms with van der Waals surface area (Å²) in [4.78, 5) is 26.4. The van der Waals surface area contributed by atoms with E-state index in [1.165, 1.54) is 28.8 Å². The molecular formula is C26H24F2N4O3. The van der Waals surface area contributed by atoms with Gasteiger partial charge in [0.25, 0.3) is 5.56 Å². The number of amides is 1. The third kappa shape index (κ3) is 4.18. The topological polar surface area (TPSA) is 78.2 Å². The summed E-state index contributed by atoms with van der Waals surface area (Å²) >= 11 is 0. The van der Waals surface area contributed by atoms with Crippen molar-refractivity contribution in [1.82, 2.24) is 19.7 Å². The lowest BCUT2D eigenvalue weighted by atomic mass is 10.0. The number of carbonyl (C=O) groups is 1. The number of ether oxygens (including phenoxy) is 1. The van der Waals surface area contributed by atoms with Crippen LogP contribution in [-0.2, 0) is 7.05 Å². The number of carbonyl (C=O) groups excluding carboxylic acids is 1. The second-order valence-corrected chi connectivity index (χ2v) is 8.89. The van der Waals surface area contributed by atoms with E-state index < -0.39 is 23.5 Å². The molecule has 1 atom stereocenters. The third-order valence-corrected chi connectivity index (χ3v) is 6.34. The maximum atomic E-state index is 14.9. The molecule has 0 radical (unpaired) electrons. The molecule has 1 fully saturated rings. The Morgan fingerprint density at radius 3 is 2.57 bits per heavy atom. The SMILES string of the molecule is Cc1nn(C)cc1-n1c(C)c(OC(=O)N[C@H](c2cccc(F)c2)C2CC2)c2cccc(F)c2c1=O. The Morgan fingerprint density at radius 2 is 1.91 bits per heavy atom. The van der Waals surface area contributed by atoms with Gasteiger partial charge in [0, 0.05) is 18.6 Å². The van der Waals surface area contributed by atoms with E-state index in [1.54, 1.807) is 50.0 Å². The first kappa shape index (κ1) is 22.8. The Kier molecular flexibility index (Phi) is 5.62. The molecule has 4 aromatic rings. The van der Waals surface area contributed by atoms with Crippen molar-refractivity contribution in [1.29, 1.82) is 0 Å². The van der Waals surface area contributed by atoms with E-state index in [4.69, 9.17) is 4.74 Å². The lowest BCUT2D eigenvalue weighted by molar-refractivity contribution is 0.194. The molecule has 1 aliphatic carbocycles. The minimum atomic E-state index is -0.770. The van der Waals surface area contributed by atoms with Crippen molar-refractivity contribution in [2.24, 2.45) is 13.0 Å². The number of pyridine rings is 1. The summed E-state index contributed by atoms with van der Waals surface area (Å²) < 4.78 is 37.3. The molecule has 180 valence electrons. The van der Waals surface area contributed by atoms with Crippen LogP contribution in [0.15, 0.2) is 53.5 Å². The normalized spacial score (nSPS) is 14.2. The van der Waals surface area contributed by atoms with E-state index in [0.29, 0.717) is 22.6 Å². The zero-order valence-corrected chi connectivity index (χ0v) is 19.5. The minimum Gasteiger partial charge on any atom is -0.408 e. The Hall–Kier alpha value is -4.01. The molecule has 2 aromatic carbocycles. The van der Waals surface area contributed by atoms with Gasteiger partial charge in [0.15, 0.2) is 5.75 Å². The standard InChI is InChI=1S/C26H24F2N4O3/c1-14-21(13-31(3)30-14)32-15(2)24(19-8-5-9-20(28)22(19)25(32)33)35-26(34)29-23(16-10-11-16)17-6-4-7-18(27)12-17/h4-9,12-13,16,23H,10-11H2,1-3H3,(H,29,34)/t23-/m0/s1. The molecule has 5 rings (SSSR count). The Bertz CT molecular complexity index is 1520. The fourth-order valence-electron chi connectivity index (χ4n) is 4.57. The van der Waals surface area contributed by atoms with Gasteiger partial charge in [0.1, 0.15) is 11.6 Å². The quantitative estimate of drug-likeness (QED) is 0.445. The number of benzene rings is 2. The number of nitrogens with one attached hydrogen (secondary N) is 1. The van der Waals surface area contributed by atoms with E-state index in [1.807, 2.05) is 0 Å². The van der Waals surface area contributed by atoms with E-state index in [0.717, 1.165) is 12.8 Å². The second kappa shape index (κ2) is 8.65. The molecule has 0 bridgehead atoms. The number of hydrogen-bond acceptors (Lipinski definition) is 4. The Labute approximate surface area is 199 Å². The van der Waals surface area contributed by atoms with Crippen LogP contribution in [-0.4, -0.2) is 20.4 Å². The highest BCUT2D eigenvalue weighted by molar-refractivity contribution is 5.91. The van der Waals surface area contributed by atoms with Gasteiger partial charge < -0.3 is 10.1 Å². The van der Waals surface area contributed by atoms with Crippen molar-refractivity contribution in [2.45, 2.75) is 32.7 Å². The van der Waals surface area contributed by atoms with Crippen LogP contribution in [0.3, 0.4) is 0 Å². The number of aromatic nitrogens is 3. The summed E-state index contributed by atoms with van der Waals surface area (Å²) in [7, 11) is 1.72. The summed E-state index contributed by atoms with van der Waals surface area (Å²) in [5, 5.41) is 7.13. The first-order valence-corrected chi connectivity index (χ1v) is 11.3. The summed E-state index contributed by atoms with van der Waals surface area (Å²) in [5.74, 6) is -0.872. The molecular weight excluding hydrogens is 454 g/mol. The van der Waals surface area contributed by atoms with Gasteiger partial charge in [-0.25, -0.2) is 13.6 Å². The van der Waals surface area contributed by atoms with Crippen LogP contribution in [0.2, 0.25) is 0 Å². The first-order chi connectivity index (χ1) is 16.7. The zero-order valence-electron chi connectivity index (χ0n) is 19.5. The van der Waals surface area contributed by atoms with Crippen molar-refractivity contribution in [3.05, 3.63) is 87.6 Å². The van der Waals surface area contributed by atoms with E-state index >= 15 is 0 Å². The van der Waals surface area contributed by atoms with Gasteiger partial charge >= 0.3 is 6.09 Å². The predicted molar refractivity (Wildman–Crippen MR) is 127 cm³/mol. The molecule has 1 aliphatic rings. The average molecular weight is 478 g/mol. The van der Waals surface area contributed by atoms with Crippen LogP contribution in [0, 0.1) is 31.4 Å². The molecule has 35 heavy (non-hydrogen) atoms. The maximum Gasteiger partial charge on any atom is 0.413 e. The molecule has 9 heteroatoms. The molecule has 1 amide bonds. The minimum absolute atomic E-state index is 0.0636. The summed E-state index contributed by atoms with van der Waals surface area (Å²) in [6.07, 6.45) is 2.68. The van der Waals surface area contributed by atoms with Gasteiger partial charge in [0.05, 0.1) is 28.5 Å². The summed E-state index contributed by atoms with van der Waals surface area (Å²) in [5.41, 5.74) is 1.42. The van der Waals surface area contributed by atoms with E-state index in [-0.39, 0.29) is 28.3 Å². The van der Waals surface area contributed by atoms with E-state index in [2.05, 4.69) is 10.4 Å². The summed E-state index contributed by atoms with van der Waals surface area (Å²) in [6, 6.07) is 9.86. The number of rotatable bonds is 5. The van der Waals surface area contributed by atoms with Crippen LogP contribution in [0.1, 0.15) is 35.8 Å². The molecule has 0 saturated heterocycles. The third-order valence-electron chi connectivity index (χ3n) is 6.34. The molecule has 7 nitrogen and oxygen atoms in total. The number of hydrogen-bond donors (Lipinski definition) is 1. The Morgan fingerprint density at radius 1 is 1.17 bits per heavy atom. The molecule has 0 spiro atoms. The zero-order chi connectivity index (χ0) is 24.9. The number of halogens is 2. The van der Waals surface area contributed by atoms with E-state index in [9.17, 15) is 18.4 Å². The molecule has 2 heterocycles. The highest BCUT2D eigenvalue weighted by Crippen LogP contribution is 2.41. The van der Waals surface area contributed by atoms with Crippen molar-refractivity contribution in [2.75, 3.05) is 0 Å². The molecule has 1 N–H and O–H groups in total. The number of nitrogens with zero attached hydrogens (tertiary/aromatic N) is 3. The fourth-order valence-corrected chi connectivity index (χ4v) is 4.57. The average Bonchev–Trinajstić information content (AvgIpc) is 3.59. The van der Waals surface area contributed by atoms with Crippen LogP contribution in [0.5, 0.6) is 5.75 Å².